The monoisotopic (exact) mass is 293 g/mol. The van der Waals surface area contributed by atoms with E-state index in [0.717, 1.165) is 37.8 Å². The van der Waals surface area contributed by atoms with Crippen molar-refractivity contribution in [3.8, 4) is 0 Å². The van der Waals surface area contributed by atoms with Crippen LogP contribution in [0.4, 0.5) is 5.95 Å². The molecule has 1 unspecified atom stereocenters. The molecule has 1 saturated heterocycles. The van der Waals surface area contributed by atoms with Crippen molar-refractivity contribution in [3.63, 3.8) is 0 Å². The number of aryl methyl sites for hydroxylation is 1. The lowest BCUT2D eigenvalue weighted by Gasteiger charge is -2.39. The first kappa shape index (κ1) is 16.3. The number of rotatable bonds is 8. The second-order valence-corrected chi connectivity index (χ2v) is 6.79. The summed E-state index contributed by atoms with van der Waals surface area (Å²) in [5.41, 5.74) is 6.12. The topological polar surface area (TPSA) is 70.8 Å². The zero-order valence-corrected chi connectivity index (χ0v) is 13.7. The quantitative estimate of drug-likeness (QED) is 0.723. The van der Waals surface area contributed by atoms with Crippen LogP contribution in [0.3, 0.4) is 0 Å². The summed E-state index contributed by atoms with van der Waals surface area (Å²) in [5.74, 6) is 1.89. The summed E-state index contributed by atoms with van der Waals surface area (Å²) >= 11 is 0. The summed E-state index contributed by atoms with van der Waals surface area (Å²) < 4.78 is 0. The predicted octanol–water partition coefficient (Wildman–Crippen LogP) is 2.88. The average Bonchev–Trinajstić information content (AvgIpc) is 2.96. The van der Waals surface area contributed by atoms with Crippen LogP contribution in [0, 0.1) is 5.41 Å². The zero-order chi connectivity index (χ0) is 15.1. The van der Waals surface area contributed by atoms with E-state index in [1.165, 1.54) is 44.9 Å². The fourth-order valence-corrected chi connectivity index (χ4v) is 3.09. The molecule has 1 aromatic rings. The Morgan fingerprint density at radius 2 is 2.10 bits per heavy atom. The highest BCUT2D eigenvalue weighted by atomic mass is 15.4. The Hall–Kier alpha value is -1.10. The number of aromatic nitrogens is 3. The minimum atomic E-state index is 0.208. The lowest BCUT2D eigenvalue weighted by atomic mass is 9.82. The maximum absolute atomic E-state index is 5.91. The summed E-state index contributed by atoms with van der Waals surface area (Å²) in [6.45, 7) is 7.26. The first-order valence-electron chi connectivity index (χ1n) is 8.53. The van der Waals surface area contributed by atoms with Crippen LogP contribution in [0.1, 0.15) is 64.6 Å². The molecule has 1 atom stereocenters. The Kier molecular flexibility index (Phi) is 6.03. The van der Waals surface area contributed by atoms with Gasteiger partial charge < -0.3 is 10.6 Å². The van der Waals surface area contributed by atoms with Gasteiger partial charge in [-0.15, -0.1) is 5.10 Å². The van der Waals surface area contributed by atoms with Crippen molar-refractivity contribution in [2.45, 2.75) is 65.2 Å². The molecule has 0 spiro atoms. The van der Waals surface area contributed by atoms with Gasteiger partial charge in [-0.1, -0.05) is 39.5 Å². The first-order chi connectivity index (χ1) is 10.2. The molecule has 1 fully saturated rings. The van der Waals surface area contributed by atoms with Gasteiger partial charge in [-0.05, 0) is 31.2 Å². The second-order valence-electron chi connectivity index (χ2n) is 6.79. The molecule has 2 heterocycles. The molecule has 5 heteroatoms. The molecule has 2 rings (SSSR count). The van der Waals surface area contributed by atoms with Crippen molar-refractivity contribution >= 4 is 5.95 Å². The summed E-state index contributed by atoms with van der Waals surface area (Å²) in [4.78, 5) is 6.96. The second kappa shape index (κ2) is 7.78. The van der Waals surface area contributed by atoms with E-state index in [0.29, 0.717) is 0 Å². The fourth-order valence-electron chi connectivity index (χ4n) is 3.09. The van der Waals surface area contributed by atoms with Gasteiger partial charge >= 0.3 is 0 Å². The van der Waals surface area contributed by atoms with Gasteiger partial charge in [0.1, 0.15) is 5.82 Å². The largest absolute Gasteiger partial charge is 0.339 e. The van der Waals surface area contributed by atoms with Crippen LogP contribution in [0.25, 0.3) is 0 Å². The van der Waals surface area contributed by atoms with Gasteiger partial charge in [0.15, 0.2) is 0 Å². The summed E-state index contributed by atoms with van der Waals surface area (Å²) in [7, 11) is 0. The van der Waals surface area contributed by atoms with Gasteiger partial charge in [0.05, 0.1) is 0 Å². The summed E-state index contributed by atoms with van der Waals surface area (Å²) in [5, 5.41) is 7.51. The molecule has 0 aromatic carbocycles. The third-order valence-electron chi connectivity index (χ3n) is 4.59. The predicted molar refractivity (Wildman–Crippen MR) is 87.5 cm³/mol. The Morgan fingerprint density at radius 3 is 2.86 bits per heavy atom. The van der Waals surface area contributed by atoms with Gasteiger partial charge in [0.2, 0.25) is 5.95 Å². The molecule has 0 amide bonds. The Morgan fingerprint density at radius 1 is 1.29 bits per heavy atom. The molecule has 0 radical (unpaired) electrons. The number of nitrogens with two attached hydrogens (primary N) is 1. The highest BCUT2D eigenvalue weighted by Crippen LogP contribution is 2.29. The van der Waals surface area contributed by atoms with E-state index in [2.05, 4.69) is 33.9 Å². The molecule has 0 aliphatic carbocycles. The molecule has 1 aliphatic heterocycles. The average molecular weight is 293 g/mol. The Labute approximate surface area is 128 Å². The summed E-state index contributed by atoms with van der Waals surface area (Å²) in [6.07, 6.45) is 9.85. The third kappa shape index (κ3) is 4.70. The lowest BCUT2D eigenvalue weighted by molar-refractivity contribution is 0.270. The van der Waals surface area contributed by atoms with E-state index in [1.807, 2.05) is 0 Å². The number of aromatic amines is 1. The van der Waals surface area contributed by atoms with Crippen molar-refractivity contribution < 1.29 is 0 Å². The standard InChI is InChI=1S/C16H31N5/c1-3-4-5-6-7-9-14-18-15(20-19-14)21-11-8-10-16(2,12-17)13-21/h3-13,17H2,1-2H3,(H,18,19,20). The molecule has 1 aromatic heterocycles. The van der Waals surface area contributed by atoms with Crippen molar-refractivity contribution in [1.29, 1.82) is 0 Å². The number of H-pyrrole nitrogens is 1. The fraction of sp³-hybridized carbons (Fsp3) is 0.875. The minimum Gasteiger partial charge on any atom is -0.339 e. The Bertz CT molecular complexity index is 417. The molecule has 21 heavy (non-hydrogen) atoms. The number of anilines is 1. The van der Waals surface area contributed by atoms with E-state index >= 15 is 0 Å². The van der Waals surface area contributed by atoms with Gasteiger partial charge in [-0.3, -0.25) is 5.10 Å². The minimum absolute atomic E-state index is 0.208. The van der Waals surface area contributed by atoms with E-state index in [4.69, 9.17) is 5.73 Å². The molecular formula is C16H31N5. The normalized spacial score (nSPS) is 22.7. The maximum Gasteiger partial charge on any atom is 0.244 e. The number of hydrogen-bond donors (Lipinski definition) is 2. The van der Waals surface area contributed by atoms with Crippen LogP contribution in [0.15, 0.2) is 0 Å². The van der Waals surface area contributed by atoms with Crippen LogP contribution >= 0.6 is 0 Å². The molecular weight excluding hydrogens is 262 g/mol. The molecule has 0 bridgehead atoms. The highest BCUT2D eigenvalue weighted by Gasteiger charge is 2.31. The highest BCUT2D eigenvalue weighted by molar-refractivity contribution is 5.30. The molecule has 3 N–H and O–H groups in total. The van der Waals surface area contributed by atoms with Crippen molar-refractivity contribution in [2.75, 3.05) is 24.5 Å². The van der Waals surface area contributed by atoms with E-state index in [-0.39, 0.29) is 5.41 Å². The van der Waals surface area contributed by atoms with Gasteiger partial charge in [-0.25, -0.2) is 0 Å². The third-order valence-corrected chi connectivity index (χ3v) is 4.59. The number of unbranched alkanes of at least 4 members (excludes halogenated alkanes) is 4. The number of piperidine rings is 1. The first-order valence-corrected chi connectivity index (χ1v) is 8.53. The molecule has 120 valence electrons. The molecule has 0 saturated carbocycles. The van der Waals surface area contributed by atoms with E-state index in [9.17, 15) is 0 Å². The lowest BCUT2D eigenvalue weighted by Crippen LogP contribution is -2.46. The molecule has 1 aliphatic rings. The Balaban J connectivity index is 1.82. The zero-order valence-electron chi connectivity index (χ0n) is 13.7. The SMILES string of the molecule is CCCCCCCc1nc(N2CCCC(C)(CN)C2)n[nH]1. The smallest absolute Gasteiger partial charge is 0.244 e. The van der Waals surface area contributed by atoms with Crippen molar-refractivity contribution in [1.82, 2.24) is 15.2 Å². The number of hydrogen-bond acceptors (Lipinski definition) is 4. The van der Waals surface area contributed by atoms with Crippen LogP contribution in [0.5, 0.6) is 0 Å². The van der Waals surface area contributed by atoms with Gasteiger partial charge in [0.25, 0.3) is 0 Å². The van der Waals surface area contributed by atoms with Crippen LogP contribution in [0.2, 0.25) is 0 Å². The van der Waals surface area contributed by atoms with E-state index < -0.39 is 0 Å². The van der Waals surface area contributed by atoms with E-state index in [1.54, 1.807) is 0 Å². The van der Waals surface area contributed by atoms with Crippen molar-refractivity contribution in [2.24, 2.45) is 11.1 Å². The van der Waals surface area contributed by atoms with Crippen LogP contribution in [-0.4, -0.2) is 34.8 Å². The molecule has 5 nitrogen and oxygen atoms in total. The summed E-state index contributed by atoms with van der Waals surface area (Å²) in [6, 6.07) is 0. The van der Waals surface area contributed by atoms with Crippen LogP contribution in [-0.2, 0) is 6.42 Å². The van der Waals surface area contributed by atoms with Crippen LogP contribution < -0.4 is 10.6 Å². The maximum atomic E-state index is 5.91. The number of nitrogens with zero attached hydrogens (tertiary/aromatic N) is 3. The number of nitrogens with one attached hydrogen (secondary N) is 1. The van der Waals surface area contributed by atoms with Gasteiger partial charge in [0, 0.05) is 19.5 Å². The van der Waals surface area contributed by atoms with Gasteiger partial charge in [-0.2, -0.15) is 4.98 Å². The van der Waals surface area contributed by atoms with Crippen molar-refractivity contribution in [3.05, 3.63) is 5.82 Å².